The van der Waals surface area contributed by atoms with Crippen LogP contribution in [0, 0.1) is 0 Å². The highest BCUT2D eigenvalue weighted by molar-refractivity contribution is 8.15. The van der Waals surface area contributed by atoms with E-state index < -0.39 is 5.25 Å². The Morgan fingerprint density at radius 2 is 1.86 bits per heavy atom. The van der Waals surface area contributed by atoms with Gasteiger partial charge in [0.25, 0.3) is 11.8 Å². The smallest absolute Gasteiger partial charge is 0.262 e. The van der Waals surface area contributed by atoms with Crippen LogP contribution in [0.15, 0.2) is 53.5 Å². The molecule has 0 aromatic heterocycles. The van der Waals surface area contributed by atoms with Crippen molar-refractivity contribution in [2.75, 3.05) is 25.5 Å². The zero-order chi connectivity index (χ0) is 24.6. The third-order valence-corrected chi connectivity index (χ3v) is 7.10. The number of nitrogens with one attached hydrogen (secondary N) is 2. The van der Waals surface area contributed by atoms with E-state index in [1.54, 1.807) is 31.4 Å². The monoisotopic (exact) mass is 494 g/mol. The maximum absolute atomic E-state index is 12.7. The number of methoxy groups -OCH3 is 1. The molecular weight excluding hydrogens is 464 g/mol. The molecule has 4 rings (SSSR count). The molecule has 1 fully saturated rings. The Labute approximate surface area is 209 Å². The van der Waals surface area contributed by atoms with E-state index in [9.17, 15) is 14.4 Å². The second-order valence-electron chi connectivity index (χ2n) is 8.66. The van der Waals surface area contributed by atoms with E-state index in [2.05, 4.69) is 20.5 Å². The lowest BCUT2D eigenvalue weighted by Gasteiger charge is -2.27. The van der Waals surface area contributed by atoms with Crippen molar-refractivity contribution in [1.29, 1.82) is 0 Å². The van der Waals surface area contributed by atoms with Crippen molar-refractivity contribution in [2.24, 2.45) is 4.99 Å². The molecule has 1 saturated heterocycles. The number of anilines is 1. The summed E-state index contributed by atoms with van der Waals surface area (Å²) in [7, 11) is 1.64. The summed E-state index contributed by atoms with van der Waals surface area (Å²) in [6.07, 6.45) is 3.44. The molecule has 2 aliphatic rings. The van der Waals surface area contributed by atoms with E-state index in [-0.39, 0.29) is 24.1 Å². The molecule has 2 aromatic carbocycles. The highest BCUT2D eigenvalue weighted by atomic mass is 32.2. The zero-order valence-electron chi connectivity index (χ0n) is 19.8. The van der Waals surface area contributed by atoms with Gasteiger partial charge in [-0.25, -0.2) is 0 Å². The molecular formula is C26H30N4O4S. The summed E-state index contributed by atoms with van der Waals surface area (Å²) in [5.74, 6) is -0.772. The van der Waals surface area contributed by atoms with E-state index in [1.807, 2.05) is 24.3 Å². The molecule has 2 N–H and O–H groups in total. The SMILES string of the molecule is COCc1cccc(CNC(=O)c2cccc(NC(=O)CC3SC(N4CCCCC4)=NC3=O)c2)c1. The molecule has 184 valence electrons. The van der Waals surface area contributed by atoms with Crippen LogP contribution >= 0.6 is 11.8 Å². The van der Waals surface area contributed by atoms with Crippen LogP contribution in [-0.2, 0) is 27.5 Å². The number of amides is 3. The minimum absolute atomic E-state index is 0.0403. The summed E-state index contributed by atoms with van der Waals surface area (Å²) < 4.78 is 5.15. The molecule has 8 nitrogen and oxygen atoms in total. The van der Waals surface area contributed by atoms with Gasteiger partial charge in [0, 0.05) is 44.4 Å². The summed E-state index contributed by atoms with van der Waals surface area (Å²) in [5, 5.41) is 5.94. The molecule has 2 aliphatic heterocycles. The van der Waals surface area contributed by atoms with Crippen molar-refractivity contribution in [3.63, 3.8) is 0 Å². The van der Waals surface area contributed by atoms with Crippen molar-refractivity contribution in [3.05, 3.63) is 65.2 Å². The number of hydrogen-bond donors (Lipinski definition) is 2. The topological polar surface area (TPSA) is 100 Å². The van der Waals surface area contributed by atoms with Crippen LogP contribution in [0.1, 0.15) is 47.2 Å². The second kappa shape index (κ2) is 12.0. The molecule has 0 bridgehead atoms. The van der Waals surface area contributed by atoms with Gasteiger partial charge in [0.15, 0.2) is 5.17 Å². The van der Waals surface area contributed by atoms with E-state index in [0.717, 1.165) is 42.2 Å². The molecule has 0 aliphatic carbocycles. The molecule has 1 unspecified atom stereocenters. The Kier molecular flexibility index (Phi) is 8.54. The third-order valence-electron chi connectivity index (χ3n) is 5.89. The van der Waals surface area contributed by atoms with Gasteiger partial charge in [-0.2, -0.15) is 4.99 Å². The Bertz CT molecular complexity index is 1110. The number of thioether (sulfide) groups is 1. The Morgan fingerprint density at radius 1 is 1.09 bits per heavy atom. The first kappa shape index (κ1) is 24.9. The van der Waals surface area contributed by atoms with Gasteiger partial charge >= 0.3 is 0 Å². The summed E-state index contributed by atoms with van der Waals surface area (Å²) >= 11 is 1.37. The molecule has 35 heavy (non-hydrogen) atoms. The van der Waals surface area contributed by atoms with Crippen LogP contribution in [0.4, 0.5) is 5.69 Å². The number of benzene rings is 2. The third kappa shape index (κ3) is 6.93. The van der Waals surface area contributed by atoms with E-state index in [0.29, 0.717) is 24.4 Å². The summed E-state index contributed by atoms with van der Waals surface area (Å²) in [4.78, 5) is 43.9. The van der Waals surface area contributed by atoms with Crippen molar-refractivity contribution < 1.29 is 19.1 Å². The number of carbonyl (C=O) groups excluding carboxylic acids is 3. The Hall–Kier alpha value is -3.17. The van der Waals surface area contributed by atoms with E-state index in [4.69, 9.17) is 4.74 Å². The summed E-state index contributed by atoms with van der Waals surface area (Å²) in [6.45, 7) is 2.71. The van der Waals surface area contributed by atoms with Gasteiger partial charge in [0.1, 0.15) is 5.25 Å². The minimum Gasteiger partial charge on any atom is -0.380 e. The van der Waals surface area contributed by atoms with Gasteiger partial charge in [-0.1, -0.05) is 42.1 Å². The number of carbonyl (C=O) groups is 3. The number of ether oxygens (including phenoxy) is 1. The highest BCUT2D eigenvalue weighted by Gasteiger charge is 2.33. The van der Waals surface area contributed by atoms with Crippen LogP contribution in [-0.4, -0.2) is 53.2 Å². The van der Waals surface area contributed by atoms with Crippen LogP contribution in [0.3, 0.4) is 0 Å². The normalized spacial score (nSPS) is 17.7. The van der Waals surface area contributed by atoms with Gasteiger partial charge in [-0.05, 0) is 48.6 Å². The van der Waals surface area contributed by atoms with Crippen LogP contribution < -0.4 is 10.6 Å². The van der Waals surface area contributed by atoms with Gasteiger partial charge in [-0.15, -0.1) is 0 Å². The fraction of sp³-hybridized carbons (Fsp3) is 0.385. The van der Waals surface area contributed by atoms with Crippen LogP contribution in [0.2, 0.25) is 0 Å². The summed E-state index contributed by atoms with van der Waals surface area (Å²) in [6, 6.07) is 14.6. The number of hydrogen-bond acceptors (Lipinski definition) is 6. The Morgan fingerprint density at radius 3 is 2.66 bits per heavy atom. The van der Waals surface area contributed by atoms with Gasteiger partial charge < -0.3 is 20.3 Å². The van der Waals surface area contributed by atoms with Crippen LogP contribution in [0.25, 0.3) is 0 Å². The molecule has 3 amide bonds. The predicted octanol–water partition coefficient (Wildman–Crippen LogP) is 3.58. The lowest BCUT2D eigenvalue weighted by atomic mass is 10.1. The fourth-order valence-electron chi connectivity index (χ4n) is 4.13. The first-order valence-corrected chi connectivity index (χ1v) is 12.7. The van der Waals surface area contributed by atoms with E-state index in [1.165, 1.54) is 18.2 Å². The standard InChI is InChI=1S/C26H30N4O4S/c1-34-17-19-8-5-7-18(13-19)16-27-24(32)20-9-6-10-21(14-20)28-23(31)15-22-25(33)29-26(35-22)30-11-3-2-4-12-30/h5-10,13-14,22H,2-4,11-12,15-17H2,1H3,(H,27,32)(H,28,31). The van der Waals surface area contributed by atoms with Crippen molar-refractivity contribution in [2.45, 2.75) is 44.1 Å². The van der Waals surface area contributed by atoms with Crippen molar-refractivity contribution in [1.82, 2.24) is 10.2 Å². The molecule has 2 aromatic rings. The first-order chi connectivity index (χ1) is 17.0. The Balaban J connectivity index is 1.28. The van der Waals surface area contributed by atoms with Crippen molar-refractivity contribution in [3.8, 4) is 0 Å². The molecule has 9 heteroatoms. The quantitative estimate of drug-likeness (QED) is 0.582. The molecule has 0 saturated carbocycles. The largest absolute Gasteiger partial charge is 0.380 e. The maximum atomic E-state index is 12.7. The average molecular weight is 495 g/mol. The van der Waals surface area contributed by atoms with E-state index >= 15 is 0 Å². The van der Waals surface area contributed by atoms with Gasteiger partial charge in [0.05, 0.1) is 6.61 Å². The fourth-order valence-corrected chi connectivity index (χ4v) is 5.25. The number of nitrogens with zero attached hydrogens (tertiary/aromatic N) is 2. The maximum Gasteiger partial charge on any atom is 0.262 e. The number of rotatable bonds is 8. The predicted molar refractivity (Wildman–Crippen MR) is 137 cm³/mol. The minimum atomic E-state index is -0.507. The summed E-state index contributed by atoms with van der Waals surface area (Å²) in [5.41, 5.74) is 2.97. The number of amidine groups is 1. The lowest BCUT2D eigenvalue weighted by molar-refractivity contribution is -0.121. The number of piperidine rings is 1. The van der Waals surface area contributed by atoms with Crippen LogP contribution in [0.5, 0.6) is 0 Å². The van der Waals surface area contributed by atoms with Gasteiger partial charge in [-0.3, -0.25) is 14.4 Å². The second-order valence-corrected chi connectivity index (χ2v) is 9.83. The highest BCUT2D eigenvalue weighted by Crippen LogP contribution is 2.29. The molecule has 0 spiro atoms. The number of aliphatic imine (C=N–C) groups is 1. The average Bonchev–Trinajstić information content (AvgIpc) is 3.23. The zero-order valence-corrected chi connectivity index (χ0v) is 20.6. The van der Waals surface area contributed by atoms with Gasteiger partial charge in [0.2, 0.25) is 5.91 Å². The molecule has 2 heterocycles. The number of likely N-dealkylation sites (tertiary alicyclic amines) is 1. The first-order valence-electron chi connectivity index (χ1n) is 11.8. The lowest BCUT2D eigenvalue weighted by Crippen LogP contribution is -2.33. The van der Waals surface area contributed by atoms with Crippen molar-refractivity contribution >= 4 is 40.3 Å². The molecule has 0 radical (unpaired) electrons. The molecule has 1 atom stereocenters.